The maximum atomic E-state index is 12.8. The highest BCUT2D eigenvalue weighted by molar-refractivity contribution is 5.94. The van der Waals surface area contributed by atoms with Gasteiger partial charge >= 0.3 is 5.97 Å². The second kappa shape index (κ2) is 10.9. The monoisotopic (exact) mass is 434 g/mol. The largest absolute Gasteiger partial charge is 0.480 e. The van der Waals surface area contributed by atoms with Crippen molar-refractivity contribution in [3.05, 3.63) is 36.4 Å². The Balaban J connectivity index is 2.02. The Kier molecular flexibility index (Phi) is 8.25. The minimum Gasteiger partial charge on any atom is -0.480 e. The molecule has 0 aliphatic carbocycles. The van der Waals surface area contributed by atoms with Crippen LogP contribution in [0.5, 0.6) is 0 Å². The molecule has 2 rings (SSSR count). The Labute approximate surface area is 177 Å². The number of H-pyrrole nitrogens is 2. The third kappa shape index (κ3) is 7.22. The molecule has 0 aliphatic rings. The van der Waals surface area contributed by atoms with Crippen LogP contribution in [0.15, 0.2) is 25.0 Å². The lowest BCUT2D eigenvalue weighted by atomic mass is 10.1. The number of carboxylic acid groups (broad SMARTS) is 1. The van der Waals surface area contributed by atoms with Gasteiger partial charge in [0.2, 0.25) is 17.7 Å². The fourth-order valence-electron chi connectivity index (χ4n) is 2.61. The number of imidazole rings is 2. The van der Waals surface area contributed by atoms with Crippen LogP contribution >= 0.6 is 0 Å². The zero-order chi connectivity index (χ0) is 23.0. The minimum absolute atomic E-state index is 0.0776. The molecule has 168 valence electrons. The molecule has 2 aromatic rings. The first kappa shape index (κ1) is 23.5. The predicted octanol–water partition coefficient (Wildman–Crippen LogP) is -2.18. The molecule has 0 fully saturated rings. The molecule has 0 aromatic carbocycles. The lowest BCUT2D eigenvalue weighted by molar-refractivity contribution is -0.141. The third-order valence-corrected chi connectivity index (χ3v) is 4.42. The molecule has 8 N–H and O–H groups in total. The number of carboxylic acids is 1. The highest BCUT2D eigenvalue weighted by Crippen LogP contribution is 2.02. The van der Waals surface area contributed by atoms with Gasteiger partial charge in [-0.3, -0.25) is 19.2 Å². The number of hydrogen-bond donors (Lipinski definition) is 7. The topological polar surface area (TPSA) is 208 Å². The number of amides is 3. The molecule has 0 aliphatic heterocycles. The summed E-state index contributed by atoms with van der Waals surface area (Å²) in [5.41, 5.74) is 7.18. The quantitative estimate of drug-likeness (QED) is 0.206. The molecule has 0 bridgehead atoms. The van der Waals surface area contributed by atoms with E-state index in [2.05, 4.69) is 35.9 Å². The van der Waals surface area contributed by atoms with E-state index in [1.54, 1.807) is 6.20 Å². The fourth-order valence-corrected chi connectivity index (χ4v) is 2.61. The van der Waals surface area contributed by atoms with Gasteiger partial charge in [0.1, 0.15) is 18.1 Å². The van der Waals surface area contributed by atoms with Crippen molar-refractivity contribution in [3.63, 3.8) is 0 Å². The van der Waals surface area contributed by atoms with E-state index in [4.69, 9.17) is 10.8 Å². The standard InChI is InChI=1S/C18H26N8O5/c1-9(15(27)25-10(2)18(30)31)24-17(29)14(4-12-6-21-8-23-12)26-16(28)13(19)3-11-5-20-7-22-11/h5-10,13-14H,3-4,19H2,1-2H3,(H,20,22)(H,21,23)(H,24,29)(H,25,27)(H,26,28)(H,30,31). The van der Waals surface area contributed by atoms with Gasteiger partial charge in [0.25, 0.3) is 0 Å². The second-order valence-electron chi connectivity index (χ2n) is 7.03. The van der Waals surface area contributed by atoms with Crippen LogP contribution in [0, 0.1) is 0 Å². The van der Waals surface area contributed by atoms with Crippen molar-refractivity contribution in [2.45, 2.75) is 50.9 Å². The number of nitrogens with one attached hydrogen (secondary N) is 5. The fraction of sp³-hybridized carbons (Fsp3) is 0.444. The van der Waals surface area contributed by atoms with Gasteiger partial charge in [0, 0.05) is 36.6 Å². The average molecular weight is 434 g/mol. The van der Waals surface area contributed by atoms with Crippen LogP contribution in [-0.4, -0.2) is 72.9 Å². The normalized spacial score (nSPS) is 14.7. The van der Waals surface area contributed by atoms with E-state index in [1.807, 2.05) is 0 Å². The molecule has 3 amide bonds. The highest BCUT2D eigenvalue weighted by atomic mass is 16.4. The zero-order valence-corrected chi connectivity index (χ0v) is 17.1. The average Bonchev–Trinajstić information content (AvgIpc) is 3.41. The van der Waals surface area contributed by atoms with Crippen LogP contribution in [0.4, 0.5) is 0 Å². The number of carbonyl (C=O) groups is 4. The van der Waals surface area contributed by atoms with Gasteiger partial charge in [-0.15, -0.1) is 0 Å². The molecular weight excluding hydrogens is 408 g/mol. The molecule has 2 heterocycles. The maximum absolute atomic E-state index is 12.8. The summed E-state index contributed by atoms with van der Waals surface area (Å²) < 4.78 is 0. The first-order valence-corrected chi connectivity index (χ1v) is 9.51. The first-order chi connectivity index (χ1) is 14.7. The zero-order valence-electron chi connectivity index (χ0n) is 17.1. The van der Waals surface area contributed by atoms with Crippen molar-refractivity contribution in [2.75, 3.05) is 0 Å². The van der Waals surface area contributed by atoms with Crippen molar-refractivity contribution in [2.24, 2.45) is 5.73 Å². The van der Waals surface area contributed by atoms with Crippen molar-refractivity contribution in [3.8, 4) is 0 Å². The van der Waals surface area contributed by atoms with Crippen LogP contribution in [0.25, 0.3) is 0 Å². The molecule has 0 saturated carbocycles. The number of nitrogens with zero attached hydrogens (tertiary/aromatic N) is 2. The predicted molar refractivity (Wildman–Crippen MR) is 107 cm³/mol. The van der Waals surface area contributed by atoms with E-state index in [9.17, 15) is 19.2 Å². The summed E-state index contributed by atoms with van der Waals surface area (Å²) in [5.74, 6) is -3.08. The summed E-state index contributed by atoms with van der Waals surface area (Å²) in [6.45, 7) is 2.71. The third-order valence-electron chi connectivity index (χ3n) is 4.42. The number of carbonyl (C=O) groups excluding carboxylic acids is 3. The van der Waals surface area contributed by atoms with Crippen molar-refractivity contribution >= 4 is 23.7 Å². The molecule has 0 spiro atoms. The Morgan fingerprint density at radius 1 is 0.903 bits per heavy atom. The molecule has 2 aromatic heterocycles. The van der Waals surface area contributed by atoms with Crippen LogP contribution in [0.3, 0.4) is 0 Å². The summed E-state index contributed by atoms with van der Waals surface area (Å²) in [6, 6.07) is -4.13. The van der Waals surface area contributed by atoms with E-state index >= 15 is 0 Å². The first-order valence-electron chi connectivity index (χ1n) is 9.51. The number of aliphatic carboxylic acids is 1. The SMILES string of the molecule is CC(NC(=O)C(C)NC(=O)C(Cc1cnc[nH]1)NC(=O)C(N)Cc1cnc[nH]1)C(=O)O. The molecular formula is C18H26N8O5. The number of nitrogens with two attached hydrogens (primary N) is 1. The van der Waals surface area contributed by atoms with Crippen LogP contribution < -0.4 is 21.7 Å². The van der Waals surface area contributed by atoms with Crippen LogP contribution in [0.2, 0.25) is 0 Å². The number of rotatable bonds is 11. The van der Waals surface area contributed by atoms with Crippen molar-refractivity contribution < 1.29 is 24.3 Å². The highest BCUT2D eigenvalue weighted by Gasteiger charge is 2.28. The van der Waals surface area contributed by atoms with E-state index in [0.29, 0.717) is 11.4 Å². The Hall–Kier alpha value is -3.74. The van der Waals surface area contributed by atoms with Gasteiger partial charge in [0.15, 0.2) is 0 Å². The lowest BCUT2D eigenvalue weighted by Gasteiger charge is -2.22. The summed E-state index contributed by atoms with van der Waals surface area (Å²) in [5, 5.41) is 16.2. The summed E-state index contributed by atoms with van der Waals surface area (Å²) in [7, 11) is 0. The van der Waals surface area contributed by atoms with Gasteiger partial charge in [-0.05, 0) is 13.8 Å². The van der Waals surface area contributed by atoms with Gasteiger partial charge in [-0.1, -0.05) is 0 Å². The molecule has 0 radical (unpaired) electrons. The van der Waals surface area contributed by atoms with Gasteiger partial charge < -0.3 is 36.8 Å². The maximum Gasteiger partial charge on any atom is 0.325 e. The van der Waals surface area contributed by atoms with Crippen LogP contribution in [-0.2, 0) is 32.0 Å². The van der Waals surface area contributed by atoms with E-state index in [1.165, 1.54) is 32.7 Å². The van der Waals surface area contributed by atoms with Gasteiger partial charge in [-0.25, -0.2) is 9.97 Å². The minimum atomic E-state index is -1.21. The Morgan fingerprint density at radius 2 is 1.45 bits per heavy atom. The number of hydrogen-bond acceptors (Lipinski definition) is 7. The van der Waals surface area contributed by atoms with Gasteiger partial charge in [-0.2, -0.15) is 0 Å². The number of aromatic amines is 2. The lowest BCUT2D eigenvalue weighted by Crippen LogP contribution is -2.56. The van der Waals surface area contributed by atoms with Gasteiger partial charge in [0.05, 0.1) is 18.7 Å². The Morgan fingerprint density at radius 3 is 1.97 bits per heavy atom. The molecule has 4 atom stereocenters. The molecule has 0 saturated heterocycles. The molecule has 31 heavy (non-hydrogen) atoms. The second-order valence-corrected chi connectivity index (χ2v) is 7.03. The van der Waals surface area contributed by atoms with E-state index in [-0.39, 0.29) is 12.8 Å². The summed E-state index contributed by atoms with van der Waals surface area (Å²) in [6.07, 6.45) is 6.21. The molecule has 4 unspecified atom stereocenters. The molecule has 13 nitrogen and oxygen atoms in total. The van der Waals surface area contributed by atoms with E-state index in [0.717, 1.165) is 0 Å². The Bertz CT molecular complexity index is 883. The summed E-state index contributed by atoms with van der Waals surface area (Å²) in [4.78, 5) is 61.7. The summed E-state index contributed by atoms with van der Waals surface area (Å²) >= 11 is 0. The number of aromatic nitrogens is 4. The van der Waals surface area contributed by atoms with Crippen molar-refractivity contribution in [1.29, 1.82) is 0 Å². The van der Waals surface area contributed by atoms with E-state index < -0.39 is 47.9 Å². The smallest absolute Gasteiger partial charge is 0.325 e. The van der Waals surface area contributed by atoms with Crippen molar-refractivity contribution in [1.82, 2.24) is 35.9 Å². The molecule has 13 heteroatoms. The van der Waals surface area contributed by atoms with Crippen LogP contribution in [0.1, 0.15) is 25.2 Å².